The molecule has 2 heterocycles. The first kappa shape index (κ1) is 19.2. The highest BCUT2D eigenvalue weighted by Crippen LogP contribution is 2.19. The average molecular weight is 389 g/mol. The van der Waals surface area contributed by atoms with Crippen molar-refractivity contribution in [1.29, 1.82) is 0 Å². The minimum absolute atomic E-state index is 0. The van der Waals surface area contributed by atoms with E-state index in [1.165, 1.54) is 30.5 Å². The van der Waals surface area contributed by atoms with Gasteiger partial charge in [0.15, 0.2) is 0 Å². The number of H-pyrrole nitrogens is 1. The molecule has 25 heavy (non-hydrogen) atoms. The second kappa shape index (κ2) is 7.85. The molecule has 2 aromatic rings. The zero-order valence-corrected chi connectivity index (χ0v) is 14.7. The average Bonchev–Trinajstić information content (AvgIpc) is 2.98. The third kappa shape index (κ3) is 4.50. The first-order valence-corrected chi connectivity index (χ1v) is 8.89. The lowest BCUT2D eigenvalue weighted by molar-refractivity contribution is 0.0938. The summed E-state index contributed by atoms with van der Waals surface area (Å²) in [4.78, 5) is 14.5. The fourth-order valence-corrected chi connectivity index (χ4v) is 3.29. The van der Waals surface area contributed by atoms with Crippen LogP contribution in [0.4, 0.5) is 10.1 Å². The first-order valence-electron chi connectivity index (χ1n) is 7.40. The highest BCUT2D eigenvalue weighted by atomic mass is 35.5. The number of benzene rings is 1. The smallest absolute Gasteiger partial charge is 0.267 e. The minimum atomic E-state index is -3.98. The lowest BCUT2D eigenvalue weighted by atomic mass is 10.0. The van der Waals surface area contributed by atoms with Gasteiger partial charge in [0, 0.05) is 31.7 Å². The largest absolute Gasteiger partial charge is 0.356 e. The van der Waals surface area contributed by atoms with Crippen molar-refractivity contribution in [3.63, 3.8) is 0 Å². The molecule has 1 aliphatic heterocycles. The lowest BCUT2D eigenvalue weighted by Crippen LogP contribution is -2.48. The molecule has 0 radical (unpaired) electrons. The molecule has 0 saturated carbocycles. The number of aromatic nitrogens is 1. The van der Waals surface area contributed by atoms with Crippen molar-refractivity contribution >= 4 is 34.0 Å². The van der Waals surface area contributed by atoms with E-state index in [1.807, 2.05) is 0 Å². The zero-order valence-electron chi connectivity index (χ0n) is 13.1. The number of anilines is 1. The summed E-state index contributed by atoms with van der Waals surface area (Å²) in [6.07, 6.45) is 1.20. The Morgan fingerprint density at radius 1 is 1.28 bits per heavy atom. The highest BCUT2D eigenvalue weighted by molar-refractivity contribution is 7.92. The Balaban J connectivity index is 0.00000225. The van der Waals surface area contributed by atoms with E-state index in [0.29, 0.717) is 12.5 Å². The molecule has 136 valence electrons. The molecule has 1 aliphatic rings. The van der Waals surface area contributed by atoms with Gasteiger partial charge in [-0.1, -0.05) is 12.1 Å². The van der Waals surface area contributed by atoms with Crippen LogP contribution >= 0.6 is 12.4 Å². The molecule has 0 atom stereocenters. The number of sulfonamides is 1. The van der Waals surface area contributed by atoms with Crippen LogP contribution in [0.3, 0.4) is 0 Å². The van der Waals surface area contributed by atoms with Crippen LogP contribution in [0, 0.1) is 11.7 Å². The van der Waals surface area contributed by atoms with E-state index >= 15 is 0 Å². The number of rotatable bonds is 6. The van der Waals surface area contributed by atoms with Gasteiger partial charge in [-0.05, 0) is 18.2 Å². The van der Waals surface area contributed by atoms with Crippen molar-refractivity contribution in [2.75, 3.05) is 24.4 Å². The SMILES string of the molecule is Cl.O=C(NCC1CNC1)c1cc(S(=O)(=O)Nc2ccccc2F)c[nH]1. The van der Waals surface area contributed by atoms with E-state index in [4.69, 9.17) is 0 Å². The third-order valence-electron chi connectivity index (χ3n) is 3.75. The summed E-state index contributed by atoms with van der Waals surface area (Å²) < 4.78 is 40.3. The summed E-state index contributed by atoms with van der Waals surface area (Å²) in [5.41, 5.74) is -0.0154. The molecular formula is C15H18ClFN4O3S. The summed E-state index contributed by atoms with van der Waals surface area (Å²) in [5.74, 6) is -0.659. The van der Waals surface area contributed by atoms with Gasteiger partial charge in [-0.25, -0.2) is 12.8 Å². The van der Waals surface area contributed by atoms with Gasteiger partial charge in [0.1, 0.15) is 16.4 Å². The maximum atomic E-state index is 13.6. The second-order valence-electron chi connectivity index (χ2n) is 5.57. The number of aromatic amines is 1. The number of nitrogens with one attached hydrogen (secondary N) is 4. The van der Waals surface area contributed by atoms with Gasteiger partial charge < -0.3 is 15.6 Å². The fourth-order valence-electron chi connectivity index (χ4n) is 2.23. The summed E-state index contributed by atoms with van der Waals surface area (Å²) in [5, 5.41) is 5.84. The van der Waals surface area contributed by atoms with Crippen LogP contribution in [0.15, 0.2) is 41.4 Å². The van der Waals surface area contributed by atoms with Gasteiger partial charge in [-0.15, -0.1) is 12.4 Å². The maximum Gasteiger partial charge on any atom is 0.267 e. The van der Waals surface area contributed by atoms with Crippen molar-refractivity contribution in [2.45, 2.75) is 4.90 Å². The molecular weight excluding hydrogens is 371 g/mol. The third-order valence-corrected chi connectivity index (χ3v) is 5.09. The number of hydrogen-bond donors (Lipinski definition) is 4. The van der Waals surface area contributed by atoms with E-state index in [1.54, 1.807) is 0 Å². The minimum Gasteiger partial charge on any atom is -0.356 e. The van der Waals surface area contributed by atoms with E-state index in [9.17, 15) is 17.6 Å². The predicted octanol–water partition coefficient (Wildman–Crippen LogP) is 1.33. The molecule has 1 fully saturated rings. The Morgan fingerprint density at radius 2 is 2.00 bits per heavy atom. The Labute approximate surface area is 150 Å². The molecule has 1 aromatic carbocycles. The quantitative estimate of drug-likeness (QED) is 0.599. The van der Waals surface area contributed by atoms with Crippen LogP contribution in [0.1, 0.15) is 10.5 Å². The topological polar surface area (TPSA) is 103 Å². The van der Waals surface area contributed by atoms with Crippen LogP contribution in [-0.4, -0.2) is 38.9 Å². The van der Waals surface area contributed by atoms with Gasteiger partial charge in [-0.2, -0.15) is 0 Å². The van der Waals surface area contributed by atoms with Gasteiger partial charge in [-0.3, -0.25) is 9.52 Å². The van der Waals surface area contributed by atoms with Gasteiger partial charge in [0.05, 0.1) is 5.69 Å². The Morgan fingerprint density at radius 3 is 2.64 bits per heavy atom. The van der Waals surface area contributed by atoms with E-state index in [2.05, 4.69) is 20.3 Å². The van der Waals surface area contributed by atoms with Gasteiger partial charge in [0.25, 0.3) is 15.9 Å². The van der Waals surface area contributed by atoms with Crippen LogP contribution in [0.2, 0.25) is 0 Å². The molecule has 10 heteroatoms. The zero-order chi connectivity index (χ0) is 17.2. The van der Waals surface area contributed by atoms with Gasteiger partial charge in [0.2, 0.25) is 0 Å². The number of hydrogen-bond acceptors (Lipinski definition) is 4. The standard InChI is InChI=1S/C15H17FN4O3S.ClH/c16-12-3-1-2-4-13(12)20-24(22,23)11-5-14(18-9-11)15(21)19-8-10-6-17-7-10;/h1-5,9-10,17-18,20H,6-8H2,(H,19,21);1H. The summed E-state index contributed by atoms with van der Waals surface area (Å²) >= 11 is 0. The summed E-state index contributed by atoms with van der Waals surface area (Å²) in [6.45, 7) is 2.24. The van der Waals surface area contributed by atoms with Crippen molar-refractivity contribution in [1.82, 2.24) is 15.6 Å². The molecule has 1 amide bonds. The number of carbonyl (C=O) groups excluding carboxylic acids is 1. The first-order chi connectivity index (χ1) is 11.5. The van der Waals surface area contributed by atoms with Gasteiger partial charge >= 0.3 is 0 Å². The molecule has 0 bridgehead atoms. The Kier molecular flexibility index (Phi) is 6.04. The fraction of sp³-hybridized carbons (Fsp3) is 0.267. The Bertz CT molecular complexity index is 852. The van der Waals surface area contributed by atoms with Crippen molar-refractivity contribution in [3.8, 4) is 0 Å². The maximum absolute atomic E-state index is 13.6. The highest BCUT2D eigenvalue weighted by Gasteiger charge is 2.21. The molecule has 4 N–H and O–H groups in total. The van der Waals surface area contributed by atoms with Crippen LogP contribution in [0.25, 0.3) is 0 Å². The van der Waals surface area contributed by atoms with E-state index in [0.717, 1.165) is 19.2 Å². The van der Waals surface area contributed by atoms with Crippen molar-refractivity contribution in [2.24, 2.45) is 5.92 Å². The van der Waals surface area contributed by atoms with Crippen molar-refractivity contribution in [3.05, 3.63) is 48.0 Å². The molecule has 0 aliphatic carbocycles. The second-order valence-corrected chi connectivity index (χ2v) is 7.25. The molecule has 1 aromatic heterocycles. The van der Waals surface area contributed by atoms with Crippen LogP contribution in [0.5, 0.6) is 0 Å². The van der Waals surface area contributed by atoms with Crippen molar-refractivity contribution < 1.29 is 17.6 Å². The van der Waals surface area contributed by atoms with E-state index < -0.39 is 15.8 Å². The summed E-state index contributed by atoms with van der Waals surface area (Å²) in [6, 6.07) is 6.68. The number of para-hydroxylation sites is 1. The number of halogens is 2. The predicted molar refractivity (Wildman–Crippen MR) is 93.9 cm³/mol. The number of carbonyl (C=O) groups is 1. The van der Waals surface area contributed by atoms with E-state index in [-0.39, 0.29) is 34.6 Å². The number of amides is 1. The molecule has 3 rings (SSSR count). The lowest BCUT2D eigenvalue weighted by Gasteiger charge is -2.26. The molecule has 0 unspecified atom stereocenters. The molecule has 1 saturated heterocycles. The van der Waals surface area contributed by atoms with Crippen LogP contribution in [-0.2, 0) is 10.0 Å². The molecule has 0 spiro atoms. The normalized spacial score (nSPS) is 14.3. The Hall–Kier alpha value is -2.10. The summed E-state index contributed by atoms with van der Waals surface area (Å²) in [7, 11) is -3.98. The van der Waals surface area contributed by atoms with Crippen LogP contribution < -0.4 is 15.4 Å². The molecule has 7 nitrogen and oxygen atoms in total. The monoisotopic (exact) mass is 388 g/mol.